The number of ether oxygens (including phenoxy) is 2. The average Bonchev–Trinajstić information content (AvgIpc) is 2.95. The Hall–Kier alpha value is -2.44. The zero-order chi connectivity index (χ0) is 18.8. The predicted octanol–water partition coefficient (Wildman–Crippen LogP) is 2.30. The molecule has 1 aliphatic heterocycles. The van der Waals surface area contributed by atoms with Crippen molar-refractivity contribution in [1.29, 1.82) is 0 Å². The van der Waals surface area contributed by atoms with Crippen LogP contribution in [0.25, 0.3) is 0 Å². The number of amides is 3. The standard InChI is InChI=1S/C19H29N3O4/c1-25-16-11-15(12-17(13-16)26-2)14-21-19(24)20-8-7-18(23)22-9-5-3-4-6-10-22/h11-13H,3-10,14H2,1-2H3,(H2,20,21,24). The highest BCUT2D eigenvalue weighted by atomic mass is 16.5. The average molecular weight is 363 g/mol. The third-order valence-corrected chi connectivity index (χ3v) is 4.45. The molecular weight excluding hydrogens is 334 g/mol. The third-order valence-electron chi connectivity index (χ3n) is 4.45. The summed E-state index contributed by atoms with van der Waals surface area (Å²) in [5.74, 6) is 1.46. The smallest absolute Gasteiger partial charge is 0.315 e. The van der Waals surface area contributed by atoms with Crippen molar-refractivity contribution in [1.82, 2.24) is 15.5 Å². The summed E-state index contributed by atoms with van der Waals surface area (Å²) in [7, 11) is 3.17. The maximum absolute atomic E-state index is 12.2. The maximum atomic E-state index is 12.2. The summed E-state index contributed by atoms with van der Waals surface area (Å²) in [6.45, 7) is 2.35. The van der Waals surface area contributed by atoms with Crippen molar-refractivity contribution in [2.75, 3.05) is 33.9 Å². The van der Waals surface area contributed by atoms with Crippen molar-refractivity contribution in [2.24, 2.45) is 0 Å². The van der Waals surface area contributed by atoms with Gasteiger partial charge in [0.25, 0.3) is 0 Å². The Bertz CT molecular complexity index is 576. The number of hydrogen-bond acceptors (Lipinski definition) is 4. The number of nitrogens with zero attached hydrogens (tertiary/aromatic N) is 1. The summed E-state index contributed by atoms with van der Waals surface area (Å²) in [5.41, 5.74) is 0.872. The van der Waals surface area contributed by atoms with E-state index in [0.717, 1.165) is 31.5 Å². The first-order valence-electron chi connectivity index (χ1n) is 9.14. The van der Waals surface area contributed by atoms with Gasteiger partial charge >= 0.3 is 6.03 Å². The molecule has 0 aromatic heterocycles. The minimum atomic E-state index is -0.296. The van der Waals surface area contributed by atoms with E-state index in [1.807, 2.05) is 17.0 Å². The molecule has 1 saturated heterocycles. The van der Waals surface area contributed by atoms with Gasteiger partial charge in [-0.3, -0.25) is 4.79 Å². The summed E-state index contributed by atoms with van der Waals surface area (Å²) in [5, 5.41) is 5.51. The molecule has 0 saturated carbocycles. The fourth-order valence-corrected chi connectivity index (χ4v) is 2.97. The summed E-state index contributed by atoms with van der Waals surface area (Å²) < 4.78 is 10.4. The van der Waals surface area contributed by atoms with Crippen LogP contribution >= 0.6 is 0 Å². The highest BCUT2D eigenvalue weighted by molar-refractivity contribution is 5.78. The zero-order valence-electron chi connectivity index (χ0n) is 15.7. The van der Waals surface area contributed by atoms with Crippen molar-refractivity contribution >= 4 is 11.9 Å². The van der Waals surface area contributed by atoms with Gasteiger partial charge in [-0.05, 0) is 30.5 Å². The summed E-state index contributed by atoms with van der Waals surface area (Å²) in [6, 6.07) is 5.16. The molecule has 1 fully saturated rings. The molecule has 1 aromatic carbocycles. The SMILES string of the molecule is COc1cc(CNC(=O)NCCC(=O)N2CCCCCC2)cc(OC)c1. The maximum Gasteiger partial charge on any atom is 0.315 e. The van der Waals surface area contributed by atoms with Gasteiger partial charge in [0.15, 0.2) is 0 Å². The van der Waals surface area contributed by atoms with E-state index < -0.39 is 0 Å². The quantitative estimate of drug-likeness (QED) is 0.779. The van der Waals surface area contributed by atoms with Gasteiger partial charge in [-0.2, -0.15) is 0 Å². The molecule has 0 atom stereocenters. The molecule has 144 valence electrons. The summed E-state index contributed by atoms with van der Waals surface area (Å²) in [6.07, 6.45) is 4.87. The Morgan fingerprint density at radius 3 is 2.15 bits per heavy atom. The minimum absolute atomic E-state index is 0.115. The Balaban J connectivity index is 1.71. The number of methoxy groups -OCH3 is 2. The molecule has 1 aliphatic rings. The predicted molar refractivity (Wildman–Crippen MR) is 99.4 cm³/mol. The molecule has 0 unspecified atom stereocenters. The topological polar surface area (TPSA) is 79.9 Å². The number of benzene rings is 1. The van der Waals surface area contributed by atoms with Gasteiger partial charge < -0.3 is 25.0 Å². The zero-order valence-corrected chi connectivity index (χ0v) is 15.7. The molecule has 7 heteroatoms. The van der Waals surface area contributed by atoms with Gasteiger partial charge in [0.2, 0.25) is 5.91 Å². The molecule has 0 spiro atoms. The van der Waals surface area contributed by atoms with E-state index in [1.165, 1.54) is 12.8 Å². The fraction of sp³-hybridized carbons (Fsp3) is 0.579. The van der Waals surface area contributed by atoms with Crippen LogP contribution in [-0.4, -0.2) is 50.7 Å². The van der Waals surface area contributed by atoms with Crippen LogP contribution in [0.3, 0.4) is 0 Å². The first-order valence-corrected chi connectivity index (χ1v) is 9.14. The number of carbonyl (C=O) groups is 2. The molecule has 0 radical (unpaired) electrons. The molecule has 1 heterocycles. The Morgan fingerprint density at radius 1 is 0.962 bits per heavy atom. The number of likely N-dealkylation sites (tertiary alicyclic amines) is 1. The molecule has 0 aliphatic carbocycles. The first-order chi connectivity index (χ1) is 12.6. The van der Waals surface area contributed by atoms with Crippen LogP contribution in [0.5, 0.6) is 11.5 Å². The summed E-state index contributed by atoms with van der Waals surface area (Å²) >= 11 is 0. The number of rotatable bonds is 7. The lowest BCUT2D eigenvalue weighted by molar-refractivity contribution is -0.131. The number of nitrogens with one attached hydrogen (secondary N) is 2. The molecular formula is C19H29N3O4. The van der Waals surface area contributed by atoms with Crippen molar-refractivity contribution in [3.8, 4) is 11.5 Å². The highest BCUT2D eigenvalue weighted by Gasteiger charge is 2.15. The minimum Gasteiger partial charge on any atom is -0.497 e. The van der Waals surface area contributed by atoms with Crippen LogP contribution in [0.4, 0.5) is 4.79 Å². The Morgan fingerprint density at radius 2 is 1.58 bits per heavy atom. The molecule has 2 N–H and O–H groups in total. The van der Waals surface area contributed by atoms with E-state index in [9.17, 15) is 9.59 Å². The Labute approximate surface area is 155 Å². The van der Waals surface area contributed by atoms with Crippen molar-refractivity contribution < 1.29 is 19.1 Å². The highest BCUT2D eigenvalue weighted by Crippen LogP contribution is 2.22. The van der Waals surface area contributed by atoms with Crippen molar-refractivity contribution in [3.05, 3.63) is 23.8 Å². The van der Waals surface area contributed by atoms with Crippen LogP contribution in [0.15, 0.2) is 18.2 Å². The largest absolute Gasteiger partial charge is 0.497 e. The van der Waals surface area contributed by atoms with E-state index in [1.54, 1.807) is 20.3 Å². The first kappa shape index (κ1) is 19.9. The molecule has 3 amide bonds. The van der Waals surface area contributed by atoms with Crippen molar-refractivity contribution in [3.63, 3.8) is 0 Å². The third kappa shape index (κ3) is 6.46. The van der Waals surface area contributed by atoms with Gasteiger partial charge in [0.1, 0.15) is 11.5 Å². The van der Waals surface area contributed by atoms with Gasteiger partial charge in [0, 0.05) is 38.7 Å². The van der Waals surface area contributed by atoms with E-state index in [0.29, 0.717) is 31.0 Å². The number of carbonyl (C=O) groups excluding carboxylic acids is 2. The van der Waals surface area contributed by atoms with Gasteiger partial charge in [-0.25, -0.2) is 4.79 Å². The lowest BCUT2D eigenvalue weighted by atomic mass is 10.2. The van der Waals surface area contributed by atoms with Gasteiger partial charge in [0.05, 0.1) is 14.2 Å². The molecule has 26 heavy (non-hydrogen) atoms. The van der Waals surface area contributed by atoms with Crippen LogP contribution in [0, 0.1) is 0 Å². The number of hydrogen-bond donors (Lipinski definition) is 2. The lowest BCUT2D eigenvalue weighted by Crippen LogP contribution is -2.38. The molecule has 0 bridgehead atoms. The number of urea groups is 1. The fourth-order valence-electron chi connectivity index (χ4n) is 2.97. The van der Waals surface area contributed by atoms with E-state index in [4.69, 9.17) is 9.47 Å². The van der Waals surface area contributed by atoms with Crippen LogP contribution in [-0.2, 0) is 11.3 Å². The molecule has 1 aromatic rings. The second-order valence-electron chi connectivity index (χ2n) is 6.38. The van der Waals surface area contributed by atoms with Crippen LogP contribution in [0.1, 0.15) is 37.7 Å². The van der Waals surface area contributed by atoms with Gasteiger partial charge in [-0.15, -0.1) is 0 Å². The normalized spacial score (nSPS) is 14.3. The van der Waals surface area contributed by atoms with Gasteiger partial charge in [-0.1, -0.05) is 12.8 Å². The van der Waals surface area contributed by atoms with Crippen molar-refractivity contribution in [2.45, 2.75) is 38.6 Å². The van der Waals surface area contributed by atoms with Crippen LogP contribution < -0.4 is 20.1 Å². The molecule has 7 nitrogen and oxygen atoms in total. The van der Waals surface area contributed by atoms with Crippen LogP contribution in [0.2, 0.25) is 0 Å². The lowest BCUT2D eigenvalue weighted by Gasteiger charge is -2.20. The summed E-state index contributed by atoms with van der Waals surface area (Å²) in [4.78, 5) is 26.0. The van der Waals surface area contributed by atoms with E-state index in [-0.39, 0.29) is 11.9 Å². The van der Waals surface area contributed by atoms with E-state index in [2.05, 4.69) is 10.6 Å². The Kier molecular flexibility index (Phi) is 8.05. The van der Waals surface area contributed by atoms with E-state index >= 15 is 0 Å². The second kappa shape index (κ2) is 10.5. The monoisotopic (exact) mass is 363 g/mol. The second-order valence-corrected chi connectivity index (χ2v) is 6.38. The molecule has 2 rings (SSSR count).